The molecular weight excluding hydrogens is 287 g/mol. The van der Waals surface area contributed by atoms with Crippen molar-refractivity contribution in [2.75, 3.05) is 7.05 Å². The molecular formula is C13H12F3N3S. The predicted octanol–water partition coefficient (Wildman–Crippen LogP) is 3.37. The number of hydrogen-bond donors (Lipinski definition) is 1. The molecule has 3 nitrogen and oxygen atoms in total. The smallest absolute Gasteiger partial charge is 0.316 e. The number of halogens is 3. The van der Waals surface area contributed by atoms with Crippen molar-refractivity contribution < 1.29 is 13.2 Å². The highest BCUT2D eigenvalue weighted by Crippen LogP contribution is 2.38. The summed E-state index contributed by atoms with van der Waals surface area (Å²) in [6.45, 7) is 0.385. The van der Waals surface area contributed by atoms with Crippen molar-refractivity contribution in [3.05, 3.63) is 47.8 Å². The Morgan fingerprint density at radius 3 is 2.50 bits per heavy atom. The maximum atomic E-state index is 13.1. The molecule has 0 unspecified atom stereocenters. The van der Waals surface area contributed by atoms with Crippen LogP contribution in [-0.4, -0.2) is 17.0 Å². The molecule has 2 aromatic rings. The molecule has 20 heavy (non-hydrogen) atoms. The van der Waals surface area contributed by atoms with E-state index >= 15 is 0 Å². The quantitative estimate of drug-likeness (QED) is 0.878. The first-order valence-corrected chi connectivity index (χ1v) is 6.62. The summed E-state index contributed by atoms with van der Waals surface area (Å²) in [5.41, 5.74) is -0.0825. The van der Waals surface area contributed by atoms with Crippen molar-refractivity contribution in [1.29, 1.82) is 0 Å². The maximum Gasteiger partial charge on any atom is 0.417 e. The predicted molar refractivity (Wildman–Crippen MR) is 70.4 cm³/mol. The fraction of sp³-hybridized carbons (Fsp3) is 0.231. The van der Waals surface area contributed by atoms with Crippen LogP contribution < -0.4 is 5.32 Å². The van der Waals surface area contributed by atoms with Crippen LogP contribution in [0.3, 0.4) is 0 Å². The van der Waals surface area contributed by atoms with Crippen LogP contribution in [-0.2, 0) is 12.7 Å². The van der Waals surface area contributed by atoms with Crippen LogP contribution in [0.4, 0.5) is 13.2 Å². The number of nitrogens with one attached hydrogen (secondary N) is 1. The highest BCUT2D eigenvalue weighted by Gasteiger charge is 2.34. The lowest BCUT2D eigenvalue weighted by atomic mass is 10.1. The third kappa shape index (κ3) is 3.71. The molecule has 0 saturated carbocycles. The van der Waals surface area contributed by atoms with E-state index in [1.54, 1.807) is 19.2 Å². The van der Waals surface area contributed by atoms with Gasteiger partial charge in [-0.25, -0.2) is 9.97 Å². The lowest BCUT2D eigenvalue weighted by Gasteiger charge is -2.13. The minimum Gasteiger partial charge on any atom is -0.316 e. The van der Waals surface area contributed by atoms with Crippen molar-refractivity contribution in [3.63, 3.8) is 0 Å². The summed E-state index contributed by atoms with van der Waals surface area (Å²) in [6, 6.07) is 5.89. The summed E-state index contributed by atoms with van der Waals surface area (Å²) in [5.74, 6) is 0. The minimum absolute atomic E-state index is 0.101. The Bertz CT molecular complexity index is 573. The molecule has 0 aliphatic carbocycles. The Kier molecular flexibility index (Phi) is 4.61. The molecule has 0 saturated heterocycles. The standard InChI is InChI=1S/C13H12F3N3S/c1-17-8-9-3-4-11(10(7-9)13(14,15)16)20-12-18-5-2-6-19-12/h2-7,17H,8H2,1H3. The van der Waals surface area contributed by atoms with Crippen molar-refractivity contribution >= 4 is 11.8 Å². The van der Waals surface area contributed by atoms with E-state index in [0.717, 1.165) is 17.8 Å². The van der Waals surface area contributed by atoms with E-state index in [1.165, 1.54) is 18.5 Å². The Morgan fingerprint density at radius 1 is 1.20 bits per heavy atom. The lowest BCUT2D eigenvalue weighted by molar-refractivity contribution is -0.139. The van der Waals surface area contributed by atoms with Crippen molar-refractivity contribution in [2.24, 2.45) is 0 Å². The van der Waals surface area contributed by atoms with E-state index < -0.39 is 11.7 Å². The van der Waals surface area contributed by atoms with Crippen molar-refractivity contribution in [1.82, 2.24) is 15.3 Å². The molecule has 0 atom stereocenters. The number of alkyl halides is 3. The van der Waals surface area contributed by atoms with Crippen LogP contribution in [0.25, 0.3) is 0 Å². The monoisotopic (exact) mass is 299 g/mol. The Labute approximate surface area is 118 Å². The first kappa shape index (κ1) is 14.8. The largest absolute Gasteiger partial charge is 0.417 e. The van der Waals surface area contributed by atoms with Gasteiger partial charge >= 0.3 is 6.18 Å². The van der Waals surface area contributed by atoms with Gasteiger partial charge < -0.3 is 5.32 Å². The van der Waals surface area contributed by atoms with Gasteiger partial charge in [0.05, 0.1) is 5.56 Å². The maximum absolute atomic E-state index is 13.1. The lowest BCUT2D eigenvalue weighted by Crippen LogP contribution is -2.10. The molecule has 1 N–H and O–H groups in total. The molecule has 0 spiro atoms. The Hall–Kier alpha value is -1.60. The van der Waals surface area contributed by atoms with Crippen LogP contribution in [0.2, 0.25) is 0 Å². The second-order valence-electron chi connectivity index (χ2n) is 3.99. The number of benzene rings is 1. The van der Waals surface area contributed by atoms with Crippen LogP contribution in [0.5, 0.6) is 0 Å². The summed E-state index contributed by atoms with van der Waals surface area (Å²) >= 11 is 0.905. The normalized spacial score (nSPS) is 11.6. The number of hydrogen-bond acceptors (Lipinski definition) is 4. The van der Waals surface area contributed by atoms with Crippen molar-refractivity contribution in [2.45, 2.75) is 22.8 Å². The zero-order chi connectivity index (χ0) is 14.6. The van der Waals surface area contributed by atoms with Gasteiger partial charge in [0.2, 0.25) is 0 Å². The van der Waals surface area contributed by atoms with E-state index in [2.05, 4.69) is 15.3 Å². The number of aromatic nitrogens is 2. The molecule has 0 aliphatic rings. The molecule has 1 aromatic carbocycles. The summed E-state index contributed by atoms with van der Waals surface area (Å²) in [4.78, 5) is 7.96. The second-order valence-corrected chi connectivity index (χ2v) is 5.00. The molecule has 1 heterocycles. The third-order valence-electron chi connectivity index (χ3n) is 2.47. The highest BCUT2D eigenvalue weighted by molar-refractivity contribution is 7.99. The van der Waals surface area contributed by atoms with Crippen LogP contribution in [0.15, 0.2) is 46.7 Å². The summed E-state index contributed by atoms with van der Waals surface area (Å²) < 4.78 is 39.3. The average Bonchev–Trinajstić information content (AvgIpc) is 2.41. The van der Waals surface area contributed by atoms with E-state index in [4.69, 9.17) is 0 Å². The molecule has 2 rings (SSSR count). The van der Waals surface area contributed by atoms with Gasteiger partial charge in [0.1, 0.15) is 0 Å². The van der Waals surface area contributed by atoms with Gasteiger partial charge in [0.25, 0.3) is 0 Å². The van der Waals surface area contributed by atoms with Gasteiger partial charge in [-0.15, -0.1) is 0 Å². The van der Waals surface area contributed by atoms with E-state index in [-0.39, 0.29) is 4.90 Å². The minimum atomic E-state index is -4.40. The fourth-order valence-electron chi connectivity index (χ4n) is 1.64. The molecule has 0 amide bonds. The zero-order valence-corrected chi connectivity index (χ0v) is 11.4. The van der Waals surface area contributed by atoms with Gasteiger partial charge in [0.15, 0.2) is 5.16 Å². The van der Waals surface area contributed by atoms with E-state index in [0.29, 0.717) is 17.3 Å². The molecule has 106 valence electrons. The molecule has 0 bridgehead atoms. The summed E-state index contributed by atoms with van der Waals surface area (Å²) in [6.07, 6.45) is -1.41. The molecule has 0 radical (unpaired) electrons. The first-order valence-electron chi connectivity index (χ1n) is 5.80. The van der Waals surface area contributed by atoms with E-state index in [9.17, 15) is 13.2 Å². The van der Waals surface area contributed by atoms with E-state index in [1.807, 2.05) is 0 Å². The molecule has 1 aromatic heterocycles. The topological polar surface area (TPSA) is 37.8 Å². The van der Waals surface area contributed by atoms with Crippen LogP contribution in [0.1, 0.15) is 11.1 Å². The Morgan fingerprint density at radius 2 is 1.90 bits per heavy atom. The summed E-state index contributed by atoms with van der Waals surface area (Å²) in [7, 11) is 1.69. The van der Waals surface area contributed by atoms with Gasteiger partial charge in [-0.05, 0) is 42.6 Å². The fourth-order valence-corrected chi connectivity index (χ4v) is 2.48. The number of rotatable bonds is 4. The highest BCUT2D eigenvalue weighted by atomic mass is 32.2. The first-order chi connectivity index (χ1) is 9.50. The zero-order valence-electron chi connectivity index (χ0n) is 10.6. The van der Waals surface area contributed by atoms with Crippen LogP contribution >= 0.6 is 11.8 Å². The van der Waals surface area contributed by atoms with Crippen molar-refractivity contribution in [3.8, 4) is 0 Å². The molecule has 0 fully saturated rings. The molecule has 0 aliphatic heterocycles. The van der Waals surface area contributed by atoms with Gasteiger partial charge in [-0.2, -0.15) is 13.2 Å². The average molecular weight is 299 g/mol. The SMILES string of the molecule is CNCc1ccc(Sc2ncccn2)c(C(F)(F)F)c1. The van der Waals surface area contributed by atoms with Crippen LogP contribution in [0, 0.1) is 0 Å². The molecule has 7 heteroatoms. The van der Waals surface area contributed by atoms with Gasteiger partial charge in [-0.3, -0.25) is 0 Å². The third-order valence-corrected chi connectivity index (χ3v) is 3.44. The van der Waals surface area contributed by atoms with Gasteiger partial charge in [0, 0.05) is 23.8 Å². The second kappa shape index (κ2) is 6.23. The van der Waals surface area contributed by atoms with Gasteiger partial charge in [-0.1, -0.05) is 6.07 Å². The number of nitrogens with zero attached hydrogens (tertiary/aromatic N) is 2. The Balaban J connectivity index is 2.37. The summed E-state index contributed by atoms with van der Waals surface area (Å²) in [5, 5.41) is 3.12.